The van der Waals surface area contributed by atoms with E-state index in [-0.39, 0.29) is 30.7 Å². The Kier molecular flexibility index (Phi) is 13.2. The smallest absolute Gasteiger partial charge is 0.258 e. The van der Waals surface area contributed by atoms with E-state index in [1.807, 2.05) is 25.9 Å². The van der Waals surface area contributed by atoms with Crippen molar-refractivity contribution < 1.29 is 18.7 Å². The highest BCUT2D eigenvalue weighted by molar-refractivity contribution is 6.37. The van der Waals surface area contributed by atoms with Gasteiger partial charge in [0.15, 0.2) is 7.05 Å². The summed E-state index contributed by atoms with van der Waals surface area (Å²) in [7, 11) is 7.05. The van der Waals surface area contributed by atoms with E-state index < -0.39 is 0 Å². The number of halogens is 1. The number of likely N-dealkylation sites (N-methyl/N-ethyl adjacent to an activating group) is 2. The number of carbonyl (C=O) groups is 2. The Morgan fingerprint density at radius 1 is 1.23 bits per heavy atom. The molecular formula is C27H40FN10O2+. The molecule has 40 heavy (non-hydrogen) atoms. The number of nitrogens with one attached hydrogen (secondary N) is 3. The van der Waals surface area contributed by atoms with E-state index >= 15 is 0 Å². The standard InChI is InChI=1S/C27H39FN10O2/c1-6-12-32-26-22(17-33-27(35-26)34-21-10-7-9-20(28)16-21)23(38(5)29)18-30-13-14-31-24(39)19-37(4)25(40)11-8-15-36(2)3/h7-11,16-18H,6,12-15,19,29H2,1-5H3,(H2,31,32,34,35,39)/p+1/b11-8+,30-18?. The van der Waals surface area contributed by atoms with Crippen molar-refractivity contribution in [2.45, 2.75) is 13.3 Å². The van der Waals surface area contributed by atoms with Gasteiger partial charge in [-0.3, -0.25) is 14.6 Å². The molecule has 0 bridgehead atoms. The first-order valence-electron chi connectivity index (χ1n) is 12.9. The predicted octanol–water partition coefficient (Wildman–Crippen LogP) is 1.25. The lowest BCUT2D eigenvalue weighted by atomic mass is 10.2. The SMILES string of the molecule is CCCNc1nc(Nc2cccc(F)c2)ncc1/C(C=NCCNC(=O)CN(C)C(=O)/C=C/CN(C)C)=[N+](\C)N. The third-order valence-corrected chi connectivity index (χ3v) is 5.33. The molecule has 1 heterocycles. The van der Waals surface area contributed by atoms with Gasteiger partial charge in [-0.15, -0.1) is 4.68 Å². The Morgan fingerprint density at radius 2 is 2.00 bits per heavy atom. The Morgan fingerprint density at radius 3 is 2.67 bits per heavy atom. The van der Waals surface area contributed by atoms with Gasteiger partial charge in [-0.05, 0) is 38.7 Å². The molecule has 1 aromatic carbocycles. The zero-order chi connectivity index (χ0) is 29.5. The molecule has 216 valence electrons. The molecule has 1 aromatic heterocycles. The first-order chi connectivity index (χ1) is 19.1. The maximum absolute atomic E-state index is 13.6. The summed E-state index contributed by atoms with van der Waals surface area (Å²) in [5.74, 6) is 6.03. The van der Waals surface area contributed by atoms with Gasteiger partial charge < -0.3 is 25.8 Å². The fourth-order valence-electron chi connectivity index (χ4n) is 3.31. The summed E-state index contributed by atoms with van der Waals surface area (Å²) in [5.41, 5.74) is 1.70. The molecule has 0 atom stereocenters. The number of rotatable bonds is 15. The summed E-state index contributed by atoms with van der Waals surface area (Å²) >= 11 is 0. The number of anilines is 3. The summed E-state index contributed by atoms with van der Waals surface area (Å²) < 4.78 is 15.0. The van der Waals surface area contributed by atoms with Crippen molar-refractivity contribution >= 4 is 41.2 Å². The lowest BCUT2D eigenvalue weighted by Crippen LogP contribution is -2.38. The van der Waals surface area contributed by atoms with Gasteiger partial charge in [0.05, 0.1) is 19.3 Å². The minimum Gasteiger partial charge on any atom is -0.369 e. The Labute approximate surface area is 234 Å². The van der Waals surface area contributed by atoms with Crippen molar-refractivity contribution in [3.05, 3.63) is 54.0 Å². The normalized spacial score (nSPS) is 12.1. The van der Waals surface area contributed by atoms with Crippen LogP contribution in [0.15, 0.2) is 47.6 Å². The number of hydrazone groups is 1. The Hall–Kier alpha value is -4.39. The number of nitrogens with two attached hydrogens (primary N) is 1. The number of aromatic nitrogens is 2. The van der Waals surface area contributed by atoms with E-state index in [0.717, 1.165) is 6.42 Å². The molecule has 0 radical (unpaired) electrons. The number of benzene rings is 1. The molecule has 0 saturated carbocycles. The van der Waals surface area contributed by atoms with Crippen LogP contribution in [0, 0.1) is 5.82 Å². The predicted molar refractivity (Wildman–Crippen MR) is 157 cm³/mol. The number of hydrogen-bond donors (Lipinski definition) is 4. The lowest BCUT2D eigenvalue weighted by molar-refractivity contribution is -0.506. The highest BCUT2D eigenvalue weighted by Crippen LogP contribution is 2.19. The quantitative estimate of drug-likeness (QED) is 0.0642. The molecule has 2 rings (SSSR count). The lowest BCUT2D eigenvalue weighted by Gasteiger charge is -2.14. The van der Waals surface area contributed by atoms with Crippen molar-refractivity contribution in [2.24, 2.45) is 10.8 Å². The fraction of sp³-hybridized carbons (Fsp3) is 0.407. The van der Waals surface area contributed by atoms with Crippen LogP contribution in [0.25, 0.3) is 0 Å². The van der Waals surface area contributed by atoms with E-state index in [9.17, 15) is 14.0 Å². The summed E-state index contributed by atoms with van der Waals surface area (Å²) in [6.45, 7) is 3.85. The van der Waals surface area contributed by atoms with E-state index in [4.69, 9.17) is 5.84 Å². The summed E-state index contributed by atoms with van der Waals surface area (Å²) in [4.78, 5) is 40.9. The highest BCUT2D eigenvalue weighted by atomic mass is 19.1. The second-order valence-corrected chi connectivity index (χ2v) is 9.26. The topological polar surface area (TPSA) is 144 Å². The first kappa shape index (κ1) is 31.8. The summed E-state index contributed by atoms with van der Waals surface area (Å²) in [5, 5.41) is 9.03. The molecule has 0 aliphatic heterocycles. The number of hydrogen-bond acceptors (Lipinski definition) is 9. The molecule has 0 unspecified atom stereocenters. The summed E-state index contributed by atoms with van der Waals surface area (Å²) in [6, 6.07) is 6.03. The van der Waals surface area contributed by atoms with Crippen molar-refractivity contribution in [1.82, 2.24) is 25.1 Å². The van der Waals surface area contributed by atoms with Gasteiger partial charge in [-0.1, -0.05) is 19.1 Å². The van der Waals surface area contributed by atoms with Crippen LogP contribution >= 0.6 is 0 Å². The average molecular weight is 556 g/mol. The molecule has 12 nitrogen and oxygen atoms in total. The molecule has 0 aliphatic carbocycles. The Bertz CT molecular complexity index is 1230. The van der Waals surface area contributed by atoms with Crippen molar-refractivity contribution in [3.8, 4) is 0 Å². The molecule has 0 saturated heterocycles. The van der Waals surface area contributed by atoms with Crippen molar-refractivity contribution in [3.63, 3.8) is 0 Å². The Balaban J connectivity index is 2.01. The monoisotopic (exact) mass is 555 g/mol. The molecule has 5 N–H and O–H groups in total. The van der Waals surface area contributed by atoms with Gasteiger partial charge in [0.1, 0.15) is 17.2 Å². The first-order valence-corrected chi connectivity index (χ1v) is 12.9. The minimum atomic E-state index is -0.369. The number of amides is 2. The second-order valence-electron chi connectivity index (χ2n) is 9.26. The fourth-order valence-corrected chi connectivity index (χ4v) is 3.31. The van der Waals surface area contributed by atoms with E-state index in [0.29, 0.717) is 48.4 Å². The van der Waals surface area contributed by atoms with Crippen LogP contribution in [0.3, 0.4) is 0 Å². The van der Waals surface area contributed by atoms with Crippen LogP contribution in [0.2, 0.25) is 0 Å². The van der Waals surface area contributed by atoms with Gasteiger partial charge in [0.25, 0.3) is 5.71 Å². The molecule has 2 amide bonds. The van der Waals surface area contributed by atoms with Gasteiger partial charge in [0, 0.05) is 44.6 Å². The third kappa shape index (κ3) is 11.2. The number of nitrogens with zero attached hydrogens (tertiary/aromatic N) is 6. The number of carbonyl (C=O) groups excluding carboxylic acids is 2. The second kappa shape index (κ2) is 16.5. The number of hydrazine groups is 1. The van der Waals surface area contributed by atoms with Crippen LogP contribution < -0.4 is 21.8 Å². The van der Waals surface area contributed by atoms with E-state index in [1.165, 1.54) is 27.8 Å². The van der Waals surface area contributed by atoms with Crippen LogP contribution in [-0.4, -0.2) is 109 Å². The molecule has 0 fully saturated rings. The van der Waals surface area contributed by atoms with E-state index in [2.05, 4.69) is 30.9 Å². The van der Waals surface area contributed by atoms with Crippen molar-refractivity contribution in [1.29, 1.82) is 0 Å². The molecule has 0 spiro atoms. The summed E-state index contributed by atoms with van der Waals surface area (Å²) in [6.07, 6.45) is 7.27. The molecule has 0 aliphatic rings. The van der Waals surface area contributed by atoms with Gasteiger partial charge in [0.2, 0.25) is 17.8 Å². The molecule has 13 heteroatoms. The third-order valence-electron chi connectivity index (χ3n) is 5.33. The maximum Gasteiger partial charge on any atom is 0.258 e. The highest BCUT2D eigenvalue weighted by Gasteiger charge is 2.19. The molecular weight excluding hydrogens is 515 g/mol. The van der Waals surface area contributed by atoms with Gasteiger partial charge in [-0.2, -0.15) is 4.98 Å². The zero-order valence-electron chi connectivity index (χ0n) is 23.8. The van der Waals surface area contributed by atoms with Crippen LogP contribution in [0.1, 0.15) is 18.9 Å². The van der Waals surface area contributed by atoms with Gasteiger partial charge >= 0.3 is 0 Å². The van der Waals surface area contributed by atoms with Crippen LogP contribution in [-0.2, 0) is 9.59 Å². The van der Waals surface area contributed by atoms with E-state index in [1.54, 1.807) is 44.7 Å². The number of aliphatic imine (C=N–C) groups is 1. The molecule has 2 aromatic rings. The minimum absolute atomic E-state index is 0.0580. The van der Waals surface area contributed by atoms with Crippen molar-refractivity contribution in [2.75, 3.05) is 71.5 Å². The van der Waals surface area contributed by atoms with Gasteiger partial charge in [-0.25, -0.2) is 15.2 Å². The van der Waals surface area contributed by atoms with Crippen LogP contribution in [0.4, 0.5) is 21.8 Å². The average Bonchev–Trinajstić information content (AvgIpc) is 2.89. The zero-order valence-corrected chi connectivity index (χ0v) is 23.8. The van der Waals surface area contributed by atoms with Crippen LogP contribution in [0.5, 0.6) is 0 Å². The largest absolute Gasteiger partial charge is 0.369 e. The maximum atomic E-state index is 13.6.